The highest BCUT2D eigenvalue weighted by Crippen LogP contribution is 2.45. The van der Waals surface area contributed by atoms with E-state index in [4.69, 9.17) is 11.6 Å². The van der Waals surface area contributed by atoms with Crippen molar-refractivity contribution >= 4 is 35.0 Å². The molecule has 2 N–H and O–H groups in total. The monoisotopic (exact) mass is 395 g/mol. The molecule has 26 heavy (non-hydrogen) atoms. The van der Waals surface area contributed by atoms with Crippen LogP contribution in [0.25, 0.3) is 0 Å². The first-order valence-corrected chi connectivity index (χ1v) is 9.14. The van der Waals surface area contributed by atoms with Gasteiger partial charge >= 0.3 is 0 Å². The topological polar surface area (TPSA) is 49.3 Å². The molecule has 1 fully saturated rings. The summed E-state index contributed by atoms with van der Waals surface area (Å²) in [5.41, 5.74) is -0.320. The average molecular weight is 396 g/mol. The molecule has 0 saturated heterocycles. The van der Waals surface area contributed by atoms with Crippen LogP contribution in [0, 0.1) is 11.6 Å². The van der Waals surface area contributed by atoms with Gasteiger partial charge in [-0.25, -0.2) is 8.78 Å². The van der Waals surface area contributed by atoms with Gasteiger partial charge in [-0.3, -0.25) is 4.79 Å². The standard InChI is InChI=1S/C19H16ClF2NO2S/c1-2-19(25)9-13(10-19)26-17-7-11(3-5-14(17)20)18(24)23-12-4-6-15(21)16(22)8-12/h2-8,13,25H,1,9-10H2,(H,23,24). The van der Waals surface area contributed by atoms with Crippen molar-refractivity contribution in [2.45, 2.75) is 28.6 Å². The largest absolute Gasteiger partial charge is 0.386 e. The molecular weight excluding hydrogens is 380 g/mol. The molecule has 0 aromatic heterocycles. The summed E-state index contributed by atoms with van der Waals surface area (Å²) in [4.78, 5) is 13.1. The van der Waals surface area contributed by atoms with Gasteiger partial charge in [-0.2, -0.15) is 0 Å². The van der Waals surface area contributed by atoms with Gasteiger partial charge in [-0.05, 0) is 43.2 Å². The smallest absolute Gasteiger partial charge is 0.255 e. The molecule has 1 aliphatic carbocycles. The van der Waals surface area contributed by atoms with Gasteiger partial charge in [0.1, 0.15) is 0 Å². The van der Waals surface area contributed by atoms with E-state index >= 15 is 0 Å². The van der Waals surface area contributed by atoms with Crippen molar-refractivity contribution in [3.05, 3.63) is 71.3 Å². The lowest BCUT2D eigenvalue weighted by Crippen LogP contribution is -2.43. The summed E-state index contributed by atoms with van der Waals surface area (Å²) in [5.74, 6) is -2.46. The van der Waals surface area contributed by atoms with E-state index in [0.29, 0.717) is 23.4 Å². The molecule has 0 unspecified atom stereocenters. The number of benzene rings is 2. The van der Waals surface area contributed by atoms with Crippen LogP contribution in [0.3, 0.4) is 0 Å². The number of thioether (sulfide) groups is 1. The minimum atomic E-state index is -1.03. The summed E-state index contributed by atoms with van der Waals surface area (Å²) < 4.78 is 26.2. The first-order chi connectivity index (χ1) is 12.3. The zero-order valence-corrected chi connectivity index (χ0v) is 15.2. The predicted molar refractivity (Wildman–Crippen MR) is 99.8 cm³/mol. The van der Waals surface area contributed by atoms with Crippen molar-refractivity contribution in [3.8, 4) is 0 Å². The van der Waals surface area contributed by atoms with Gasteiger partial charge in [0.25, 0.3) is 5.91 Å². The lowest BCUT2D eigenvalue weighted by molar-refractivity contribution is 0.0200. The van der Waals surface area contributed by atoms with E-state index in [-0.39, 0.29) is 10.9 Å². The Morgan fingerprint density at radius 1 is 1.27 bits per heavy atom. The van der Waals surface area contributed by atoms with Crippen LogP contribution < -0.4 is 5.32 Å². The molecule has 0 radical (unpaired) electrons. The fourth-order valence-electron chi connectivity index (χ4n) is 2.67. The van der Waals surface area contributed by atoms with Crippen molar-refractivity contribution in [3.63, 3.8) is 0 Å². The molecule has 7 heteroatoms. The minimum Gasteiger partial charge on any atom is -0.386 e. The molecule has 1 aliphatic rings. The number of hydrogen-bond donors (Lipinski definition) is 2. The number of nitrogens with one attached hydrogen (secondary N) is 1. The molecule has 0 heterocycles. The highest BCUT2D eigenvalue weighted by atomic mass is 35.5. The zero-order chi connectivity index (χ0) is 18.9. The maximum atomic E-state index is 13.3. The number of carbonyl (C=O) groups is 1. The van der Waals surface area contributed by atoms with E-state index in [1.165, 1.54) is 23.9 Å². The summed E-state index contributed by atoms with van der Waals surface area (Å²) in [7, 11) is 0. The summed E-state index contributed by atoms with van der Waals surface area (Å²) in [6.45, 7) is 3.61. The van der Waals surface area contributed by atoms with Gasteiger partial charge in [-0.1, -0.05) is 17.7 Å². The van der Waals surface area contributed by atoms with Gasteiger partial charge < -0.3 is 10.4 Å². The van der Waals surface area contributed by atoms with Crippen LogP contribution in [-0.2, 0) is 0 Å². The first kappa shape index (κ1) is 18.9. The molecule has 136 valence electrons. The third-order valence-electron chi connectivity index (χ3n) is 4.21. The Balaban J connectivity index is 1.71. The van der Waals surface area contributed by atoms with Gasteiger partial charge in [0, 0.05) is 27.5 Å². The van der Waals surface area contributed by atoms with Gasteiger partial charge in [-0.15, -0.1) is 18.3 Å². The van der Waals surface area contributed by atoms with Crippen LogP contribution in [0.4, 0.5) is 14.5 Å². The summed E-state index contributed by atoms with van der Waals surface area (Å²) >= 11 is 7.69. The Hall–Kier alpha value is -1.89. The van der Waals surface area contributed by atoms with E-state index in [9.17, 15) is 18.7 Å². The van der Waals surface area contributed by atoms with Gasteiger partial charge in [0.2, 0.25) is 0 Å². The molecular formula is C19H16ClF2NO2S. The lowest BCUT2D eigenvalue weighted by atomic mass is 9.80. The Morgan fingerprint density at radius 2 is 2.00 bits per heavy atom. The molecule has 0 spiro atoms. The Labute approximate surface area is 159 Å². The van der Waals surface area contributed by atoms with E-state index in [2.05, 4.69) is 11.9 Å². The molecule has 0 aliphatic heterocycles. The van der Waals surface area contributed by atoms with Crippen molar-refractivity contribution in [1.82, 2.24) is 0 Å². The molecule has 1 amide bonds. The van der Waals surface area contributed by atoms with Crippen molar-refractivity contribution in [2.24, 2.45) is 0 Å². The second-order valence-corrected chi connectivity index (χ2v) is 7.93. The lowest BCUT2D eigenvalue weighted by Gasteiger charge is -2.41. The number of halogens is 3. The van der Waals surface area contributed by atoms with Gasteiger partial charge in [0.15, 0.2) is 11.6 Å². The maximum absolute atomic E-state index is 13.3. The van der Waals surface area contributed by atoms with Crippen LogP contribution in [0.5, 0.6) is 0 Å². The summed E-state index contributed by atoms with van der Waals surface area (Å²) in [6.07, 6.45) is 2.68. The first-order valence-electron chi connectivity index (χ1n) is 7.88. The van der Waals surface area contributed by atoms with E-state index < -0.39 is 23.1 Å². The maximum Gasteiger partial charge on any atom is 0.255 e. The number of amides is 1. The fraction of sp³-hybridized carbons (Fsp3) is 0.211. The number of hydrogen-bond acceptors (Lipinski definition) is 3. The molecule has 1 saturated carbocycles. The zero-order valence-electron chi connectivity index (χ0n) is 13.6. The van der Waals surface area contributed by atoms with Crippen LogP contribution >= 0.6 is 23.4 Å². The quantitative estimate of drug-likeness (QED) is 0.697. The minimum absolute atomic E-state index is 0.160. The molecule has 3 nitrogen and oxygen atoms in total. The average Bonchev–Trinajstić information content (AvgIpc) is 2.58. The molecule has 3 rings (SSSR count). The van der Waals surface area contributed by atoms with E-state index in [1.54, 1.807) is 18.2 Å². The van der Waals surface area contributed by atoms with Crippen LogP contribution in [-0.4, -0.2) is 21.9 Å². The normalized spacial score (nSPS) is 21.8. The van der Waals surface area contributed by atoms with Gasteiger partial charge in [0.05, 0.1) is 10.6 Å². The highest BCUT2D eigenvalue weighted by Gasteiger charge is 2.40. The summed E-state index contributed by atoms with van der Waals surface area (Å²) in [6, 6.07) is 7.97. The second-order valence-electron chi connectivity index (χ2n) is 6.18. The predicted octanol–water partition coefficient (Wildman–Crippen LogP) is 5.04. The molecule has 2 aromatic carbocycles. The molecule has 2 aromatic rings. The third-order valence-corrected chi connectivity index (χ3v) is 5.91. The fourth-order valence-corrected chi connectivity index (χ4v) is 4.40. The van der Waals surface area contributed by atoms with E-state index in [1.807, 2.05) is 0 Å². The second kappa shape index (κ2) is 7.39. The van der Waals surface area contributed by atoms with Crippen LogP contribution in [0.2, 0.25) is 5.02 Å². The van der Waals surface area contributed by atoms with E-state index in [0.717, 1.165) is 17.0 Å². The Morgan fingerprint density at radius 3 is 2.65 bits per heavy atom. The molecule has 0 atom stereocenters. The number of aliphatic hydroxyl groups is 1. The van der Waals surface area contributed by atoms with Crippen molar-refractivity contribution < 1.29 is 18.7 Å². The van der Waals surface area contributed by atoms with Crippen LogP contribution in [0.15, 0.2) is 53.9 Å². The van der Waals surface area contributed by atoms with Crippen molar-refractivity contribution in [2.75, 3.05) is 5.32 Å². The third kappa shape index (κ3) is 4.09. The Bertz CT molecular complexity index is 869. The number of carbonyl (C=O) groups excluding carboxylic acids is 1. The van der Waals surface area contributed by atoms with Crippen molar-refractivity contribution in [1.29, 1.82) is 0 Å². The number of rotatable bonds is 5. The number of anilines is 1. The SMILES string of the molecule is C=CC1(O)CC(Sc2cc(C(=O)Nc3ccc(F)c(F)c3)ccc2Cl)C1. The highest BCUT2D eigenvalue weighted by molar-refractivity contribution is 8.00. The Kier molecular flexibility index (Phi) is 5.37. The molecule has 0 bridgehead atoms. The van der Waals surface area contributed by atoms with Crippen LogP contribution in [0.1, 0.15) is 23.2 Å². The summed E-state index contributed by atoms with van der Waals surface area (Å²) in [5, 5.41) is 13.2.